The lowest BCUT2D eigenvalue weighted by Gasteiger charge is -2.07. The van der Waals surface area contributed by atoms with E-state index in [1.54, 1.807) is 6.07 Å². The van der Waals surface area contributed by atoms with E-state index in [0.29, 0.717) is 11.4 Å². The molecule has 0 saturated carbocycles. The fraction of sp³-hybridized carbons (Fsp3) is 0.118. The SMILES string of the molecule is O=C(Nc1cnn(CC(F)F)c1)c1cc(-c2ccccc2)nc2ncnn12. The average Bonchev–Trinajstić information content (AvgIpc) is 3.30. The highest BCUT2D eigenvalue weighted by Gasteiger charge is 2.17. The Morgan fingerprint density at radius 2 is 2.00 bits per heavy atom. The first-order valence-corrected chi connectivity index (χ1v) is 7.98. The van der Waals surface area contributed by atoms with E-state index in [4.69, 9.17) is 0 Å². The van der Waals surface area contributed by atoms with Crippen LogP contribution in [0.4, 0.5) is 14.5 Å². The van der Waals surface area contributed by atoms with Gasteiger partial charge in [-0.05, 0) is 6.07 Å². The molecule has 10 heteroatoms. The van der Waals surface area contributed by atoms with Gasteiger partial charge in [-0.2, -0.15) is 19.7 Å². The minimum atomic E-state index is -2.53. The molecule has 3 heterocycles. The summed E-state index contributed by atoms with van der Waals surface area (Å²) in [5.41, 5.74) is 1.89. The second-order valence-electron chi connectivity index (χ2n) is 5.66. The molecule has 1 amide bonds. The highest BCUT2D eigenvalue weighted by molar-refractivity contribution is 6.03. The Morgan fingerprint density at radius 3 is 2.78 bits per heavy atom. The largest absolute Gasteiger partial charge is 0.318 e. The van der Waals surface area contributed by atoms with Crippen LogP contribution in [0.25, 0.3) is 17.0 Å². The monoisotopic (exact) mass is 369 g/mol. The molecule has 1 aromatic carbocycles. The maximum absolute atomic E-state index is 12.7. The van der Waals surface area contributed by atoms with Crippen LogP contribution in [0.1, 0.15) is 10.5 Å². The van der Waals surface area contributed by atoms with E-state index in [2.05, 4.69) is 25.5 Å². The van der Waals surface area contributed by atoms with Crippen molar-refractivity contribution in [1.82, 2.24) is 29.4 Å². The summed E-state index contributed by atoms with van der Waals surface area (Å²) in [5.74, 6) is -0.212. The second-order valence-corrected chi connectivity index (χ2v) is 5.66. The van der Waals surface area contributed by atoms with Gasteiger partial charge < -0.3 is 5.32 Å². The fourth-order valence-corrected chi connectivity index (χ4v) is 2.60. The van der Waals surface area contributed by atoms with Crippen molar-refractivity contribution >= 4 is 17.4 Å². The molecule has 0 atom stereocenters. The highest BCUT2D eigenvalue weighted by atomic mass is 19.3. The molecule has 0 radical (unpaired) electrons. The summed E-state index contributed by atoms with van der Waals surface area (Å²) in [6.45, 7) is -0.545. The summed E-state index contributed by atoms with van der Waals surface area (Å²) in [5, 5.41) is 10.4. The summed E-state index contributed by atoms with van der Waals surface area (Å²) in [7, 11) is 0. The molecule has 0 spiro atoms. The zero-order valence-corrected chi connectivity index (χ0v) is 13.8. The Morgan fingerprint density at radius 1 is 1.19 bits per heavy atom. The van der Waals surface area contributed by atoms with Gasteiger partial charge in [-0.25, -0.2) is 13.8 Å². The maximum atomic E-state index is 12.7. The van der Waals surface area contributed by atoms with Gasteiger partial charge in [-0.1, -0.05) is 30.3 Å². The first kappa shape index (κ1) is 16.8. The molecule has 1 N–H and O–H groups in total. The number of carbonyl (C=O) groups is 1. The molecule has 0 unspecified atom stereocenters. The van der Waals surface area contributed by atoms with E-state index >= 15 is 0 Å². The van der Waals surface area contributed by atoms with E-state index in [-0.39, 0.29) is 11.5 Å². The normalized spacial score (nSPS) is 11.2. The van der Waals surface area contributed by atoms with Crippen molar-refractivity contribution in [2.75, 3.05) is 5.32 Å². The van der Waals surface area contributed by atoms with E-state index in [1.807, 2.05) is 30.3 Å². The van der Waals surface area contributed by atoms with E-state index in [1.165, 1.54) is 23.2 Å². The lowest BCUT2D eigenvalue weighted by atomic mass is 10.1. The van der Waals surface area contributed by atoms with Crippen molar-refractivity contribution in [2.24, 2.45) is 0 Å². The smallest absolute Gasteiger partial charge is 0.274 e. The topological polar surface area (TPSA) is 90.0 Å². The molecule has 136 valence electrons. The lowest BCUT2D eigenvalue weighted by Crippen LogP contribution is -2.17. The number of amides is 1. The molecule has 0 bridgehead atoms. The number of hydrogen-bond donors (Lipinski definition) is 1. The quantitative estimate of drug-likeness (QED) is 0.584. The van der Waals surface area contributed by atoms with Crippen LogP contribution < -0.4 is 5.32 Å². The molecule has 4 rings (SSSR count). The Balaban J connectivity index is 1.67. The molecule has 27 heavy (non-hydrogen) atoms. The second kappa shape index (κ2) is 6.90. The maximum Gasteiger partial charge on any atom is 0.274 e. The molecular weight excluding hydrogens is 356 g/mol. The highest BCUT2D eigenvalue weighted by Crippen LogP contribution is 2.19. The van der Waals surface area contributed by atoms with Gasteiger partial charge in [0.25, 0.3) is 18.1 Å². The van der Waals surface area contributed by atoms with Crippen LogP contribution >= 0.6 is 0 Å². The van der Waals surface area contributed by atoms with Gasteiger partial charge in [0.15, 0.2) is 0 Å². The third kappa shape index (κ3) is 3.50. The van der Waals surface area contributed by atoms with Crippen LogP contribution in [0, 0.1) is 0 Å². The van der Waals surface area contributed by atoms with E-state index in [9.17, 15) is 13.6 Å². The number of carbonyl (C=O) groups excluding carboxylic acids is 1. The standard InChI is InChI=1S/C17H13F2N7O/c18-15(19)9-25-8-12(7-21-25)23-16(27)14-6-13(11-4-2-1-3-5-11)24-17-20-10-22-26(14)17/h1-8,10,15H,9H2,(H,23,27). The zero-order chi connectivity index (χ0) is 18.8. The van der Waals surface area contributed by atoms with Gasteiger partial charge in [0.2, 0.25) is 0 Å². The number of anilines is 1. The van der Waals surface area contributed by atoms with Gasteiger partial charge in [-0.15, -0.1) is 0 Å². The molecular formula is C17H13F2N7O. The number of nitrogens with zero attached hydrogens (tertiary/aromatic N) is 6. The minimum Gasteiger partial charge on any atom is -0.318 e. The fourth-order valence-electron chi connectivity index (χ4n) is 2.60. The lowest BCUT2D eigenvalue weighted by molar-refractivity contribution is 0.102. The van der Waals surface area contributed by atoms with Crippen molar-refractivity contribution in [3.8, 4) is 11.3 Å². The van der Waals surface area contributed by atoms with Crippen molar-refractivity contribution in [3.05, 3.63) is 60.8 Å². The average molecular weight is 369 g/mol. The predicted molar refractivity (Wildman–Crippen MR) is 92.4 cm³/mol. The Hall–Kier alpha value is -3.69. The molecule has 0 aliphatic heterocycles. The number of hydrogen-bond acceptors (Lipinski definition) is 5. The molecule has 0 saturated heterocycles. The summed E-state index contributed by atoms with van der Waals surface area (Å²) >= 11 is 0. The number of halogens is 2. The van der Waals surface area contributed by atoms with Gasteiger partial charge in [0.1, 0.15) is 18.6 Å². The van der Waals surface area contributed by atoms with Crippen LogP contribution in [0.5, 0.6) is 0 Å². The molecule has 8 nitrogen and oxygen atoms in total. The number of rotatable bonds is 5. The van der Waals surface area contributed by atoms with E-state index in [0.717, 1.165) is 10.2 Å². The first-order valence-electron chi connectivity index (χ1n) is 7.98. The Bertz CT molecular complexity index is 1090. The first-order chi connectivity index (χ1) is 13.1. The Labute approximate surface area is 151 Å². The summed E-state index contributed by atoms with van der Waals surface area (Å²) < 4.78 is 27.2. The summed E-state index contributed by atoms with van der Waals surface area (Å²) in [6, 6.07) is 10.9. The molecule has 0 fully saturated rings. The summed E-state index contributed by atoms with van der Waals surface area (Å²) in [6.07, 6.45) is 1.41. The van der Waals surface area contributed by atoms with Gasteiger partial charge in [0, 0.05) is 11.8 Å². The molecule has 0 aliphatic carbocycles. The van der Waals surface area contributed by atoms with Crippen molar-refractivity contribution in [2.45, 2.75) is 13.0 Å². The van der Waals surface area contributed by atoms with Crippen LogP contribution in [0.15, 0.2) is 55.1 Å². The number of benzene rings is 1. The number of fused-ring (bicyclic) bond motifs is 1. The third-order valence-corrected chi connectivity index (χ3v) is 3.77. The molecule has 0 aliphatic rings. The number of aromatic nitrogens is 6. The van der Waals surface area contributed by atoms with Crippen LogP contribution in [0.3, 0.4) is 0 Å². The van der Waals surface area contributed by atoms with Crippen molar-refractivity contribution < 1.29 is 13.6 Å². The number of alkyl halides is 2. The van der Waals surface area contributed by atoms with Crippen LogP contribution in [0.2, 0.25) is 0 Å². The van der Waals surface area contributed by atoms with Gasteiger partial charge in [0.05, 0.1) is 17.6 Å². The van der Waals surface area contributed by atoms with Crippen LogP contribution in [-0.2, 0) is 6.54 Å². The third-order valence-electron chi connectivity index (χ3n) is 3.77. The minimum absolute atomic E-state index is 0.206. The summed E-state index contributed by atoms with van der Waals surface area (Å²) in [4.78, 5) is 21.2. The molecule has 3 aromatic heterocycles. The zero-order valence-electron chi connectivity index (χ0n) is 13.8. The predicted octanol–water partition coefficient (Wildman–Crippen LogP) is 2.51. The van der Waals surface area contributed by atoms with Crippen LogP contribution in [-0.4, -0.2) is 41.7 Å². The van der Waals surface area contributed by atoms with Crippen molar-refractivity contribution in [1.29, 1.82) is 0 Å². The van der Waals surface area contributed by atoms with E-state index < -0.39 is 18.9 Å². The molecule has 4 aromatic rings. The number of nitrogens with one attached hydrogen (secondary N) is 1. The van der Waals surface area contributed by atoms with Gasteiger partial charge in [-0.3, -0.25) is 9.48 Å². The van der Waals surface area contributed by atoms with Crippen molar-refractivity contribution in [3.63, 3.8) is 0 Å². The van der Waals surface area contributed by atoms with Gasteiger partial charge >= 0.3 is 0 Å². The Kier molecular flexibility index (Phi) is 4.29.